The van der Waals surface area contributed by atoms with Gasteiger partial charge in [-0.3, -0.25) is 5.10 Å². The van der Waals surface area contributed by atoms with Crippen LogP contribution in [0.15, 0.2) is 18.2 Å². The van der Waals surface area contributed by atoms with Crippen molar-refractivity contribution < 1.29 is 0 Å². The maximum absolute atomic E-state index is 6.32. The highest BCUT2D eigenvalue weighted by molar-refractivity contribution is 6.33. The van der Waals surface area contributed by atoms with Gasteiger partial charge in [0.05, 0.1) is 5.02 Å². The first kappa shape index (κ1) is 13.4. The zero-order chi connectivity index (χ0) is 14.1. The van der Waals surface area contributed by atoms with E-state index in [1.807, 2.05) is 25.1 Å². The van der Waals surface area contributed by atoms with E-state index in [2.05, 4.69) is 20.1 Å². The Labute approximate surface area is 123 Å². The molecule has 5 nitrogen and oxygen atoms in total. The van der Waals surface area contributed by atoms with Crippen LogP contribution in [-0.2, 0) is 0 Å². The molecule has 3 rings (SSSR count). The fourth-order valence-electron chi connectivity index (χ4n) is 2.54. The van der Waals surface area contributed by atoms with Crippen LogP contribution in [0.3, 0.4) is 0 Å². The van der Waals surface area contributed by atoms with Crippen LogP contribution in [0.1, 0.15) is 18.4 Å². The smallest absolute Gasteiger partial charge is 0.245 e. The predicted molar refractivity (Wildman–Crippen MR) is 81.0 cm³/mol. The first-order chi connectivity index (χ1) is 9.65. The molecule has 0 radical (unpaired) electrons. The van der Waals surface area contributed by atoms with Crippen LogP contribution in [0.25, 0.3) is 11.4 Å². The zero-order valence-corrected chi connectivity index (χ0v) is 12.2. The molecule has 0 amide bonds. The third kappa shape index (κ3) is 2.51. The molecule has 20 heavy (non-hydrogen) atoms. The van der Waals surface area contributed by atoms with Gasteiger partial charge in [0.2, 0.25) is 5.95 Å². The Bertz CT molecular complexity index is 609. The lowest BCUT2D eigenvalue weighted by Gasteiger charge is -2.29. The number of aromatic nitrogens is 3. The van der Waals surface area contributed by atoms with Crippen molar-refractivity contribution in [3.8, 4) is 11.4 Å². The topological polar surface area (TPSA) is 70.8 Å². The number of aromatic amines is 1. The van der Waals surface area contributed by atoms with Crippen molar-refractivity contribution in [1.29, 1.82) is 0 Å². The molecule has 1 unspecified atom stereocenters. The number of benzene rings is 1. The number of nitrogens with zero attached hydrogens (tertiary/aromatic N) is 3. The zero-order valence-electron chi connectivity index (χ0n) is 11.4. The van der Waals surface area contributed by atoms with Gasteiger partial charge in [0.1, 0.15) is 0 Å². The first-order valence-corrected chi connectivity index (χ1v) is 7.21. The van der Waals surface area contributed by atoms with Gasteiger partial charge in [-0.2, -0.15) is 4.98 Å². The number of piperidine rings is 1. The molecule has 1 aromatic heterocycles. The Balaban J connectivity index is 1.88. The Morgan fingerprint density at radius 1 is 1.45 bits per heavy atom. The van der Waals surface area contributed by atoms with Crippen molar-refractivity contribution in [2.45, 2.75) is 25.8 Å². The Morgan fingerprint density at radius 2 is 2.30 bits per heavy atom. The predicted octanol–water partition coefficient (Wildman–Crippen LogP) is 2.36. The van der Waals surface area contributed by atoms with Crippen molar-refractivity contribution in [1.82, 2.24) is 15.2 Å². The number of H-pyrrole nitrogens is 1. The summed E-state index contributed by atoms with van der Waals surface area (Å²) in [7, 11) is 0. The number of hydrogen-bond donors (Lipinski definition) is 2. The minimum Gasteiger partial charge on any atom is -0.338 e. The van der Waals surface area contributed by atoms with Gasteiger partial charge in [-0.25, -0.2) is 0 Å². The van der Waals surface area contributed by atoms with Crippen molar-refractivity contribution in [3.63, 3.8) is 0 Å². The second-order valence-electron chi connectivity index (χ2n) is 5.27. The van der Waals surface area contributed by atoms with Crippen LogP contribution in [0.4, 0.5) is 5.95 Å². The van der Waals surface area contributed by atoms with E-state index in [4.69, 9.17) is 17.3 Å². The van der Waals surface area contributed by atoms with E-state index in [1.165, 1.54) is 0 Å². The molecule has 1 fully saturated rings. The van der Waals surface area contributed by atoms with E-state index in [0.29, 0.717) is 16.8 Å². The molecule has 106 valence electrons. The molecule has 1 aliphatic heterocycles. The molecule has 1 saturated heterocycles. The highest BCUT2D eigenvalue weighted by Gasteiger charge is 2.20. The maximum Gasteiger partial charge on any atom is 0.245 e. The molecule has 2 heterocycles. The van der Waals surface area contributed by atoms with Crippen molar-refractivity contribution in [2.24, 2.45) is 5.73 Å². The minimum absolute atomic E-state index is 0.202. The molecular weight excluding hydrogens is 274 g/mol. The van der Waals surface area contributed by atoms with Crippen molar-refractivity contribution in [3.05, 3.63) is 28.8 Å². The SMILES string of the molecule is Cc1cccc(-c2nc(N3CCCC(N)C3)n[nH]2)c1Cl. The third-order valence-corrected chi connectivity index (χ3v) is 4.16. The lowest BCUT2D eigenvalue weighted by atomic mass is 10.1. The standard InChI is InChI=1S/C14H18ClN5/c1-9-4-2-6-11(12(9)15)13-17-14(19-18-13)20-7-3-5-10(16)8-20/h2,4,6,10H,3,5,7-8,16H2,1H3,(H,17,18,19). The van der Waals surface area contributed by atoms with Gasteiger partial charge in [-0.05, 0) is 31.4 Å². The monoisotopic (exact) mass is 291 g/mol. The van der Waals surface area contributed by atoms with Gasteiger partial charge in [0.25, 0.3) is 0 Å². The maximum atomic E-state index is 6.32. The van der Waals surface area contributed by atoms with E-state index < -0.39 is 0 Å². The highest BCUT2D eigenvalue weighted by Crippen LogP contribution is 2.29. The highest BCUT2D eigenvalue weighted by atomic mass is 35.5. The number of anilines is 1. The summed E-state index contributed by atoms with van der Waals surface area (Å²) < 4.78 is 0. The summed E-state index contributed by atoms with van der Waals surface area (Å²) in [5, 5.41) is 7.98. The van der Waals surface area contributed by atoms with Crippen molar-refractivity contribution in [2.75, 3.05) is 18.0 Å². The summed E-state index contributed by atoms with van der Waals surface area (Å²) in [6.45, 7) is 3.73. The summed E-state index contributed by atoms with van der Waals surface area (Å²) in [6.07, 6.45) is 2.15. The average molecular weight is 292 g/mol. The summed E-state index contributed by atoms with van der Waals surface area (Å²) in [5.41, 5.74) is 7.91. The molecule has 3 N–H and O–H groups in total. The molecule has 1 aliphatic rings. The fourth-order valence-corrected chi connectivity index (χ4v) is 2.75. The van der Waals surface area contributed by atoms with Gasteiger partial charge in [-0.1, -0.05) is 23.7 Å². The van der Waals surface area contributed by atoms with Gasteiger partial charge in [-0.15, -0.1) is 5.10 Å². The number of nitrogens with one attached hydrogen (secondary N) is 1. The summed E-state index contributed by atoms with van der Waals surface area (Å²) in [6, 6.07) is 6.09. The Hall–Kier alpha value is -1.59. The molecule has 6 heteroatoms. The lowest BCUT2D eigenvalue weighted by Crippen LogP contribution is -2.43. The number of nitrogens with two attached hydrogens (primary N) is 1. The number of rotatable bonds is 2. The quantitative estimate of drug-likeness (QED) is 0.891. The molecule has 0 spiro atoms. The summed E-state index contributed by atoms with van der Waals surface area (Å²) >= 11 is 6.32. The van der Waals surface area contributed by atoms with Gasteiger partial charge < -0.3 is 10.6 Å². The number of halogens is 1. The summed E-state index contributed by atoms with van der Waals surface area (Å²) in [5.74, 6) is 1.40. The van der Waals surface area contributed by atoms with E-state index in [1.54, 1.807) is 0 Å². The normalized spacial score (nSPS) is 19.4. The number of aryl methyl sites for hydroxylation is 1. The molecule has 2 aromatic rings. The van der Waals surface area contributed by atoms with E-state index >= 15 is 0 Å². The van der Waals surface area contributed by atoms with Gasteiger partial charge in [0.15, 0.2) is 5.82 Å². The molecular formula is C14H18ClN5. The third-order valence-electron chi connectivity index (χ3n) is 3.66. The lowest BCUT2D eigenvalue weighted by molar-refractivity contribution is 0.500. The van der Waals surface area contributed by atoms with E-state index in [0.717, 1.165) is 37.1 Å². The first-order valence-electron chi connectivity index (χ1n) is 6.83. The van der Waals surface area contributed by atoms with Gasteiger partial charge >= 0.3 is 0 Å². The molecule has 0 aliphatic carbocycles. The average Bonchev–Trinajstić information content (AvgIpc) is 2.91. The van der Waals surface area contributed by atoms with Crippen LogP contribution in [0.2, 0.25) is 5.02 Å². The van der Waals surface area contributed by atoms with Crippen LogP contribution < -0.4 is 10.6 Å². The molecule has 1 aromatic carbocycles. The Kier molecular flexibility index (Phi) is 3.63. The largest absolute Gasteiger partial charge is 0.338 e. The van der Waals surface area contributed by atoms with Gasteiger partial charge in [0, 0.05) is 24.7 Å². The van der Waals surface area contributed by atoms with Crippen LogP contribution in [0.5, 0.6) is 0 Å². The Morgan fingerprint density at radius 3 is 3.10 bits per heavy atom. The summed E-state index contributed by atoms with van der Waals surface area (Å²) in [4.78, 5) is 6.68. The number of hydrogen-bond acceptors (Lipinski definition) is 4. The second-order valence-corrected chi connectivity index (χ2v) is 5.65. The van der Waals surface area contributed by atoms with Crippen LogP contribution >= 0.6 is 11.6 Å². The van der Waals surface area contributed by atoms with E-state index in [9.17, 15) is 0 Å². The fraction of sp³-hybridized carbons (Fsp3) is 0.429. The van der Waals surface area contributed by atoms with Crippen LogP contribution in [0, 0.1) is 6.92 Å². The molecule has 1 atom stereocenters. The van der Waals surface area contributed by atoms with E-state index in [-0.39, 0.29) is 6.04 Å². The molecule has 0 saturated carbocycles. The minimum atomic E-state index is 0.202. The second kappa shape index (κ2) is 5.42. The van der Waals surface area contributed by atoms with Crippen molar-refractivity contribution >= 4 is 17.5 Å². The van der Waals surface area contributed by atoms with Crippen LogP contribution in [-0.4, -0.2) is 34.3 Å². The molecule has 0 bridgehead atoms.